The molecule has 16 heavy (non-hydrogen) atoms. The Hall–Kier alpha value is -1.68. The maximum atomic E-state index is 5.49. The van der Waals surface area contributed by atoms with Gasteiger partial charge in [-0.25, -0.2) is 9.67 Å². The Bertz CT molecular complexity index is 470. The highest BCUT2D eigenvalue weighted by atomic mass is 15.3. The van der Waals surface area contributed by atoms with Gasteiger partial charge in [0.25, 0.3) is 0 Å². The van der Waals surface area contributed by atoms with E-state index in [2.05, 4.69) is 41.3 Å². The average molecular weight is 216 g/mol. The van der Waals surface area contributed by atoms with Crippen molar-refractivity contribution in [3.05, 3.63) is 35.7 Å². The van der Waals surface area contributed by atoms with Crippen molar-refractivity contribution < 1.29 is 0 Å². The Kier molecular flexibility index (Phi) is 3.01. The molecular weight excluding hydrogens is 200 g/mol. The highest BCUT2D eigenvalue weighted by molar-refractivity contribution is 5.55. The Labute approximate surface area is 95.1 Å². The Morgan fingerprint density at radius 3 is 2.56 bits per heavy atom. The van der Waals surface area contributed by atoms with Crippen molar-refractivity contribution in [2.45, 2.75) is 13.3 Å². The summed E-state index contributed by atoms with van der Waals surface area (Å²) >= 11 is 0. The summed E-state index contributed by atoms with van der Waals surface area (Å²) in [7, 11) is 1.90. The van der Waals surface area contributed by atoms with E-state index in [0.717, 1.165) is 23.6 Å². The van der Waals surface area contributed by atoms with Crippen molar-refractivity contribution in [1.82, 2.24) is 14.8 Å². The highest BCUT2D eigenvalue weighted by Gasteiger charge is 2.08. The molecule has 0 saturated heterocycles. The molecule has 84 valence electrons. The topological polar surface area (TPSA) is 56.7 Å². The largest absolute Gasteiger partial charge is 0.330 e. The van der Waals surface area contributed by atoms with Gasteiger partial charge in [0.2, 0.25) is 0 Å². The van der Waals surface area contributed by atoms with Gasteiger partial charge in [0.1, 0.15) is 0 Å². The van der Waals surface area contributed by atoms with E-state index >= 15 is 0 Å². The van der Waals surface area contributed by atoms with Crippen LogP contribution in [-0.4, -0.2) is 21.3 Å². The number of hydrogen-bond donors (Lipinski definition) is 1. The molecule has 2 rings (SSSR count). The smallest absolute Gasteiger partial charge is 0.158 e. The summed E-state index contributed by atoms with van der Waals surface area (Å²) in [5, 5.41) is 4.32. The zero-order valence-corrected chi connectivity index (χ0v) is 9.64. The summed E-state index contributed by atoms with van der Waals surface area (Å²) in [6.45, 7) is 2.65. The van der Waals surface area contributed by atoms with Crippen LogP contribution in [-0.2, 0) is 13.5 Å². The standard InChI is InChI=1S/C12H16N4/c1-9-3-5-10(6-4-9)12-14-11(7-8-13)15-16(12)2/h3-6H,7-8,13H2,1-2H3. The van der Waals surface area contributed by atoms with Gasteiger partial charge in [0, 0.05) is 19.0 Å². The van der Waals surface area contributed by atoms with Gasteiger partial charge in [-0.05, 0) is 13.5 Å². The van der Waals surface area contributed by atoms with E-state index in [1.54, 1.807) is 4.68 Å². The predicted molar refractivity (Wildman–Crippen MR) is 63.9 cm³/mol. The molecular formula is C12H16N4. The molecule has 0 aliphatic heterocycles. The first-order valence-electron chi connectivity index (χ1n) is 5.37. The Morgan fingerprint density at radius 1 is 1.25 bits per heavy atom. The van der Waals surface area contributed by atoms with E-state index in [0.29, 0.717) is 6.54 Å². The molecule has 1 heterocycles. The quantitative estimate of drug-likeness (QED) is 0.841. The van der Waals surface area contributed by atoms with Gasteiger partial charge in [0.05, 0.1) is 0 Å². The molecule has 2 aromatic rings. The van der Waals surface area contributed by atoms with Gasteiger partial charge >= 0.3 is 0 Å². The first kappa shape index (κ1) is 10.8. The second-order valence-electron chi connectivity index (χ2n) is 3.88. The molecule has 0 aliphatic carbocycles. The van der Waals surface area contributed by atoms with Crippen molar-refractivity contribution in [2.24, 2.45) is 12.8 Å². The Balaban J connectivity index is 2.36. The van der Waals surface area contributed by atoms with Gasteiger partial charge in [-0.2, -0.15) is 5.10 Å². The van der Waals surface area contributed by atoms with Crippen LogP contribution in [0.3, 0.4) is 0 Å². The van der Waals surface area contributed by atoms with E-state index in [9.17, 15) is 0 Å². The third-order valence-corrected chi connectivity index (χ3v) is 2.48. The molecule has 0 bridgehead atoms. The lowest BCUT2D eigenvalue weighted by Gasteiger charge is -1.99. The lowest BCUT2D eigenvalue weighted by atomic mass is 10.1. The van der Waals surface area contributed by atoms with Crippen molar-refractivity contribution in [3.63, 3.8) is 0 Å². The van der Waals surface area contributed by atoms with Gasteiger partial charge in [0.15, 0.2) is 11.6 Å². The lowest BCUT2D eigenvalue weighted by Crippen LogP contribution is -2.04. The minimum atomic E-state index is 0.581. The SMILES string of the molecule is Cc1ccc(-c2nc(CCN)nn2C)cc1. The van der Waals surface area contributed by atoms with Gasteiger partial charge < -0.3 is 5.73 Å². The van der Waals surface area contributed by atoms with Crippen molar-refractivity contribution in [3.8, 4) is 11.4 Å². The van der Waals surface area contributed by atoms with E-state index < -0.39 is 0 Å². The van der Waals surface area contributed by atoms with Crippen LogP contribution in [0.25, 0.3) is 11.4 Å². The number of nitrogens with zero attached hydrogens (tertiary/aromatic N) is 3. The minimum Gasteiger partial charge on any atom is -0.330 e. The van der Waals surface area contributed by atoms with Crippen molar-refractivity contribution >= 4 is 0 Å². The van der Waals surface area contributed by atoms with Crippen molar-refractivity contribution in [2.75, 3.05) is 6.54 Å². The predicted octanol–water partition coefficient (Wildman–Crippen LogP) is 1.29. The normalized spacial score (nSPS) is 10.7. The molecule has 1 aromatic heterocycles. The van der Waals surface area contributed by atoms with Crippen LogP contribution < -0.4 is 5.73 Å². The lowest BCUT2D eigenvalue weighted by molar-refractivity contribution is 0.744. The van der Waals surface area contributed by atoms with E-state index in [4.69, 9.17) is 5.73 Å². The molecule has 4 nitrogen and oxygen atoms in total. The minimum absolute atomic E-state index is 0.581. The number of aromatic nitrogens is 3. The zero-order valence-electron chi connectivity index (χ0n) is 9.64. The molecule has 0 radical (unpaired) electrons. The fourth-order valence-electron chi connectivity index (χ4n) is 1.63. The second kappa shape index (κ2) is 4.45. The summed E-state index contributed by atoms with van der Waals surface area (Å²) in [5.74, 6) is 1.70. The highest BCUT2D eigenvalue weighted by Crippen LogP contribution is 2.17. The summed E-state index contributed by atoms with van der Waals surface area (Å²) in [6, 6.07) is 8.27. The van der Waals surface area contributed by atoms with Gasteiger partial charge in [-0.1, -0.05) is 29.8 Å². The molecule has 4 heteroatoms. The van der Waals surface area contributed by atoms with Gasteiger partial charge in [-0.15, -0.1) is 0 Å². The average Bonchev–Trinajstić information content (AvgIpc) is 2.61. The first-order chi connectivity index (χ1) is 7.70. The molecule has 0 aliphatic rings. The summed E-state index contributed by atoms with van der Waals surface area (Å²) in [4.78, 5) is 4.47. The molecule has 1 aromatic carbocycles. The van der Waals surface area contributed by atoms with E-state index in [-0.39, 0.29) is 0 Å². The molecule has 0 saturated carbocycles. The van der Waals surface area contributed by atoms with Crippen LogP contribution in [0.15, 0.2) is 24.3 Å². The van der Waals surface area contributed by atoms with Gasteiger partial charge in [-0.3, -0.25) is 0 Å². The van der Waals surface area contributed by atoms with Crippen LogP contribution in [0.1, 0.15) is 11.4 Å². The third kappa shape index (κ3) is 2.12. The number of aryl methyl sites for hydroxylation is 2. The maximum absolute atomic E-state index is 5.49. The fourth-order valence-corrected chi connectivity index (χ4v) is 1.63. The molecule has 0 amide bonds. The summed E-state index contributed by atoms with van der Waals surface area (Å²) in [6.07, 6.45) is 0.722. The number of nitrogens with two attached hydrogens (primary N) is 1. The first-order valence-corrected chi connectivity index (χ1v) is 5.37. The molecule has 0 unspecified atom stereocenters. The number of benzene rings is 1. The number of hydrogen-bond acceptors (Lipinski definition) is 3. The van der Waals surface area contributed by atoms with E-state index in [1.165, 1.54) is 5.56 Å². The third-order valence-electron chi connectivity index (χ3n) is 2.48. The van der Waals surface area contributed by atoms with Crippen LogP contribution in [0.5, 0.6) is 0 Å². The zero-order chi connectivity index (χ0) is 11.5. The fraction of sp³-hybridized carbons (Fsp3) is 0.333. The Morgan fingerprint density at radius 2 is 1.94 bits per heavy atom. The van der Waals surface area contributed by atoms with Crippen LogP contribution in [0.4, 0.5) is 0 Å². The van der Waals surface area contributed by atoms with Crippen molar-refractivity contribution in [1.29, 1.82) is 0 Å². The molecule has 0 atom stereocenters. The summed E-state index contributed by atoms with van der Waals surface area (Å²) in [5.41, 5.74) is 7.82. The maximum Gasteiger partial charge on any atom is 0.158 e. The summed E-state index contributed by atoms with van der Waals surface area (Å²) < 4.78 is 1.80. The molecule has 2 N–H and O–H groups in total. The molecule has 0 spiro atoms. The number of rotatable bonds is 3. The monoisotopic (exact) mass is 216 g/mol. The second-order valence-corrected chi connectivity index (χ2v) is 3.88. The van der Waals surface area contributed by atoms with Crippen LogP contribution in [0.2, 0.25) is 0 Å². The molecule has 0 fully saturated rings. The van der Waals surface area contributed by atoms with Crippen LogP contribution >= 0.6 is 0 Å². The van der Waals surface area contributed by atoms with Crippen LogP contribution in [0, 0.1) is 6.92 Å². The van der Waals surface area contributed by atoms with E-state index in [1.807, 2.05) is 7.05 Å².